The number of nitrogens with zero attached hydrogens (tertiary/aromatic N) is 2. The molecule has 1 atom stereocenters. The number of rotatable bonds is 11. The van der Waals surface area contributed by atoms with Gasteiger partial charge in [-0.25, -0.2) is 8.42 Å². The molecule has 0 aliphatic heterocycles. The Morgan fingerprint density at radius 3 is 2.12 bits per heavy atom. The number of likely N-dealkylation sites (N-methyl/N-ethyl adjacent to an activating group) is 1. The maximum absolute atomic E-state index is 13.6. The van der Waals surface area contributed by atoms with E-state index in [9.17, 15) is 18.0 Å². The molecule has 186 valence electrons. The van der Waals surface area contributed by atoms with E-state index in [1.54, 1.807) is 56.3 Å². The Bertz CT molecular complexity index is 1090. The minimum atomic E-state index is -3.83. The van der Waals surface area contributed by atoms with Crippen molar-refractivity contribution in [3.05, 3.63) is 58.1 Å². The maximum Gasteiger partial charge on any atom is 0.244 e. The highest BCUT2D eigenvalue weighted by Gasteiger charge is 2.32. The SMILES string of the molecule is CCNC(=O)[C@H](CC)N(Cc1c(Cl)cccc1Cl)C(=O)CN(c1ccc(OC)cc1)S(C)(=O)=O. The topological polar surface area (TPSA) is 96.0 Å². The molecule has 2 rings (SSSR count). The third-order valence-corrected chi connectivity index (χ3v) is 7.02. The summed E-state index contributed by atoms with van der Waals surface area (Å²) in [5, 5.41) is 3.41. The molecule has 0 heterocycles. The van der Waals surface area contributed by atoms with Crippen LogP contribution in [0.5, 0.6) is 5.75 Å². The van der Waals surface area contributed by atoms with Crippen LogP contribution >= 0.6 is 23.2 Å². The minimum Gasteiger partial charge on any atom is -0.497 e. The first-order valence-electron chi connectivity index (χ1n) is 10.6. The van der Waals surface area contributed by atoms with Gasteiger partial charge in [0.05, 0.1) is 19.1 Å². The van der Waals surface area contributed by atoms with E-state index in [0.29, 0.717) is 40.0 Å². The molecule has 34 heavy (non-hydrogen) atoms. The lowest BCUT2D eigenvalue weighted by molar-refractivity contribution is -0.140. The van der Waals surface area contributed by atoms with Gasteiger partial charge in [-0.1, -0.05) is 36.2 Å². The molecule has 0 unspecified atom stereocenters. The summed E-state index contributed by atoms with van der Waals surface area (Å²) >= 11 is 12.7. The molecule has 11 heteroatoms. The van der Waals surface area contributed by atoms with Crippen molar-refractivity contribution in [3.8, 4) is 5.75 Å². The summed E-state index contributed by atoms with van der Waals surface area (Å²) in [4.78, 5) is 27.7. The van der Waals surface area contributed by atoms with Gasteiger partial charge in [-0.05, 0) is 49.7 Å². The van der Waals surface area contributed by atoms with Crippen molar-refractivity contribution in [3.63, 3.8) is 0 Å². The molecule has 2 aromatic carbocycles. The largest absolute Gasteiger partial charge is 0.497 e. The molecule has 0 aliphatic carbocycles. The number of hydrogen-bond donors (Lipinski definition) is 1. The predicted octanol–water partition coefficient (Wildman–Crippen LogP) is 3.71. The third kappa shape index (κ3) is 7.01. The van der Waals surface area contributed by atoms with Crippen molar-refractivity contribution < 1.29 is 22.7 Å². The quantitative estimate of drug-likeness (QED) is 0.478. The molecule has 2 amide bonds. The first-order valence-corrected chi connectivity index (χ1v) is 13.3. The number of halogens is 2. The van der Waals surface area contributed by atoms with Gasteiger partial charge in [-0.3, -0.25) is 13.9 Å². The van der Waals surface area contributed by atoms with Gasteiger partial charge < -0.3 is 15.0 Å². The molecule has 1 N–H and O–H groups in total. The number of anilines is 1. The second kappa shape index (κ2) is 12.3. The number of carbonyl (C=O) groups is 2. The van der Waals surface area contributed by atoms with E-state index in [-0.39, 0.29) is 12.5 Å². The van der Waals surface area contributed by atoms with E-state index in [0.717, 1.165) is 10.6 Å². The van der Waals surface area contributed by atoms with Crippen molar-refractivity contribution in [2.24, 2.45) is 0 Å². The fraction of sp³-hybridized carbons (Fsp3) is 0.391. The van der Waals surface area contributed by atoms with Gasteiger partial charge in [0.2, 0.25) is 21.8 Å². The average Bonchev–Trinajstić information content (AvgIpc) is 2.78. The van der Waals surface area contributed by atoms with E-state index >= 15 is 0 Å². The van der Waals surface area contributed by atoms with Crippen LogP contribution in [0, 0.1) is 0 Å². The van der Waals surface area contributed by atoms with Crippen molar-refractivity contribution in [2.75, 3.05) is 30.8 Å². The highest BCUT2D eigenvalue weighted by atomic mass is 35.5. The number of sulfonamides is 1. The molecular weight excluding hydrogens is 501 g/mol. The Balaban J connectivity index is 2.48. The predicted molar refractivity (Wildman–Crippen MR) is 135 cm³/mol. The van der Waals surface area contributed by atoms with Crippen molar-refractivity contribution in [1.29, 1.82) is 0 Å². The minimum absolute atomic E-state index is 0.0623. The summed E-state index contributed by atoms with van der Waals surface area (Å²) < 4.78 is 31.3. The molecule has 0 saturated heterocycles. The summed E-state index contributed by atoms with van der Waals surface area (Å²) in [6.07, 6.45) is 1.32. The van der Waals surface area contributed by atoms with Gasteiger partial charge in [-0.2, -0.15) is 0 Å². The number of carbonyl (C=O) groups excluding carboxylic acids is 2. The lowest BCUT2D eigenvalue weighted by Crippen LogP contribution is -2.52. The lowest BCUT2D eigenvalue weighted by atomic mass is 10.1. The van der Waals surface area contributed by atoms with Crippen molar-refractivity contribution in [2.45, 2.75) is 32.9 Å². The van der Waals surface area contributed by atoms with Crippen molar-refractivity contribution in [1.82, 2.24) is 10.2 Å². The van der Waals surface area contributed by atoms with Crippen LogP contribution in [0.4, 0.5) is 5.69 Å². The van der Waals surface area contributed by atoms with Crippen LogP contribution < -0.4 is 14.4 Å². The summed E-state index contributed by atoms with van der Waals surface area (Å²) in [7, 11) is -2.33. The molecule has 0 spiro atoms. The monoisotopic (exact) mass is 529 g/mol. The molecule has 0 radical (unpaired) electrons. The molecule has 8 nitrogen and oxygen atoms in total. The Kier molecular flexibility index (Phi) is 10.0. The second-order valence-corrected chi connectivity index (χ2v) is 10.2. The molecule has 0 bridgehead atoms. The fourth-order valence-electron chi connectivity index (χ4n) is 3.43. The molecular formula is C23H29Cl2N3O5S. The van der Waals surface area contributed by atoms with Crippen LogP contribution in [-0.4, -0.2) is 57.6 Å². The van der Waals surface area contributed by atoms with E-state index in [2.05, 4.69) is 5.32 Å². The molecule has 0 aromatic heterocycles. The first-order chi connectivity index (χ1) is 16.0. The highest BCUT2D eigenvalue weighted by Crippen LogP contribution is 2.28. The highest BCUT2D eigenvalue weighted by molar-refractivity contribution is 7.92. The molecule has 0 aliphatic rings. The Morgan fingerprint density at radius 1 is 1.06 bits per heavy atom. The maximum atomic E-state index is 13.6. The zero-order chi connectivity index (χ0) is 25.5. The second-order valence-electron chi connectivity index (χ2n) is 7.51. The van der Waals surface area contributed by atoms with Crippen LogP contribution in [-0.2, 0) is 26.2 Å². The molecule has 0 saturated carbocycles. The Labute approximate surface area is 210 Å². The number of nitrogens with one attached hydrogen (secondary N) is 1. The average molecular weight is 530 g/mol. The van der Waals surface area contributed by atoms with Crippen LogP contribution in [0.2, 0.25) is 10.0 Å². The molecule has 0 fully saturated rings. The summed E-state index contributed by atoms with van der Waals surface area (Å²) in [5.41, 5.74) is 0.760. The van der Waals surface area contributed by atoms with Crippen LogP contribution in [0.3, 0.4) is 0 Å². The standard InChI is InChI=1S/C23H29Cl2N3O5S/c1-5-21(23(30)26-6-2)27(14-18-19(24)8-7-9-20(18)25)22(29)15-28(34(4,31)32)16-10-12-17(33-3)13-11-16/h7-13,21H,5-6,14-15H2,1-4H3,(H,26,30)/t21-/m0/s1. The van der Waals surface area contributed by atoms with E-state index in [4.69, 9.17) is 27.9 Å². The summed E-state index contributed by atoms with van der Waals surface area (Å²) in [6.45, 7) is 3.35. The van der Waals surface area contributed by atoms with Gasteiger partial charge in [0.1, 0.15) is 18.3 Å². The van der Waals surface area contributed by atoms with Gasteiger partial charge >= 0.3 is 0 Å². The lowest BCUT2D eigenvalue weighted by Gasteiger charge is -2.33. The third-order valence-electron chi connectivity index (χ3n) is 5.17. The van der Waals surface area contributed by atoms with E-state index < -0.39 is 28.5 Å². The Morgan fingerprint density at radius 2 is 1.65 bits per heavy atom. The van der Waals surface area contributed by atoms with E-state index in [1.165, 1.54) is 12.0 Å². The van der Waals surface area contributed by atoms with Crippen LogP contribution in [0.1, 0.15) is 25.8 Å². The number of ether oxygens (including phenoxy) is 1. The number of methoxy groups -OCH3 is 1. The summed E-state index contributed by atoms with van der Waals surface area (Å²) in [5.74, 6) is -0.381. The zero-order valence-electron chi connectivity index (χ0n) is 19.5. The van der Waals surface area contributed by atoms with E-state index in [1.807, 2.05) is 0 Å². The fourth-order valence-corrected chi connectivity index (χ4v) is 4.79. The van der Waals surface area contributed by atoms with Gasteiger partial charge in [0.15, 0.2) is 0 Å². The van der Waals surface area contributed by atoms with Crippen LogP contribution in [0.15, 0.2) is 42.5 Å². The Hall–Kier alpha value is -2.49. The van der Waals surface area contributed by atoms with Gasteiger partial charge in [-0.15, -0.1) is 0 Å². The summed E-state index contributed by atoms with van der Waals surface area (Å²) in [6, 6.07) is 10.4. The number of benzene rings is 2. The number of amides is 2. The normalized spacial score (nSPS) is 12.1. The van der Waals surface area contributed by atoms with Gasteiger partial charge in [0, 0.05) is 28.7 Å². The number of hydrogen-bond acceptors (Lipinski definition) is 5. The first kappa shape index (κ1) is 27.8. The smallest absolute Gasteiger partial charge is 0.244 e. The zero-order valence-corrected chi connectivity index (χ0v) is 21.9. The van der Waals surface area contributed by atoms with Crippen molar-refractivity contribution >= 4 is 50.7 Å². The van der Waals surface area contributed by atoms with Gasteiger partial charge in [0.25, 0.3) is 0 Å². The van der Waals surface area contributed by atoms with Crippen LogP contribution in [0.25, 0.3) is 0 Å². The molecule has 2 aromatic rings.